The highest BCUT2D eigenvalue weighted by atomic mass is 16.1. The van der Waals surface area contributed by atoms with Crippen molar-refractivity contribution in [1.82, 2.24) is 0 Å². The second kappa shape index (κ2) is 3.85. The van der Waals surface area contributed by atoms with Crippen molar-refractivity contribution in [2.75, 3.05) is 0 Å². The Labute approximate surface area is 44.7 Å². The van der Waals surface area contributed by atoms with Crippen molar-refractivity contribution in [2.24, 2.45) is 0 Å². The lowest BCUT2D eigenvalue weighted by Gasteiger charge is -1.86. The van der Waals surface area contributed by atoms with Gasteiger partial charge >= 0.3 is 0 Å². The summed E-state index contributed by atoms with van der Waals surface area (Å²) in [4.78, 5) is 10.3. The van der Waals surface area contributed by atoms with Crippen LogP contribution in [-0.2, 0) is 4.79 Å². The van der Waals surface area contributed by atoms with E-state index in [1.54, 1.807) is 13.3 Å². The van der Waals surface area contributed by atoms with Gasteiger partial charge in [-0.15, -0.1) is 0 Å². The molecular weight excluding hydrogens is 88.1 g/mol. The van der Waals surface area contributed by atoms with Gasteiger partial charge in [-0.2, -0.15) is 0 Å². The molecule has 0 spiro atoms. The normalized spacial score (nSPS) is 8.86. The fourth-order valence-electron chi connectivity index (χ4n) is 0.319. The number of ketones is 1. The van der Waals surface area contributed by atoms with Gasteiger partial charge in [0.1, 0.15) is 5.78 Å². The quantitative estimate of drug-likeness (QED) is 0.521. The summed E-state index contributed by atoms with van der Waals surface area (Å²) < 4.78 is 0. The van der Waals surface area contributed by atoms with Gasteiger partial charge in [0.2, 0.25) is 0 Å². The predicted molar refractivity (Wildman–Crippen MR) is 29.6 cm³/mol. The van der Waals surface area contributed by atoms with Crippen molar-refractivity contribution >= 4 is 5.78 Å². The molecule has 7 heavy (non-hydrogen) atoms. The van der Waals surface area contributed by atoms with E-state index >= 15 is 0 Å². The number of hydrogen-bond acceptors (Lipinski definition) is 1. The summed E-state index contributed by atoms with van der Waals surface area (Å²) in [5.74, 6) is 0.197. The van der Waals surface area contributed by atoms with Gasteiger partial charge in [-0.3, -0.25) is 4.79 Å². The fraction of sp³-hybridized carbons (Fsp3) is 0.500. The van der Waals surface area contributed by atoms with Crippen molar-refractivity contribution in [3.8, 4) is 0 Å². The molecule has 0 saturated carbocycles. The third kappa shape index (κ3) is 3.50. The first-order valence-corrected chi connectivity index (χ1v) is 2.41. The topological polar surface area (TPSA) is 17.1 Å². The smallest absolute Gasteiger partial charge is 0.136 e. The second-order valence-electron chi connectivity index (χ2n) is 1.37. The summed E-state index contributed by atoms with van der Waals surface area (Å²) in [6.07, 6.45) is 4.01. The van der Waals surface area contributed by atoms with Crippen LogP contribution in [-0.4, -0.2) is 5.78 Å². The zero-order valence-corrected chi connectivity index (χ0v) is 4.77. The molecule has 0 fully saturated rings. The molecule has 0 saturated heterocycles. The monoisotopic (exact) mass is 98.1 g/mol. The maximum atomic E-state index is 10.3. The van der Waals surface area contributed by atoms with Crippen LogP contribution in [0.3, 0.4) is 0 Å². The van der Waals surface area contributed by atoms with E-state index in [1.165, 1.54) is 0 Å². The third-order valence-corrected chi connectivity index (χ3v) is 0.727. The summed E-state index contributed by atoms with van der Waals surface area (Å²) >= 11 is 0. The number of hydrogen-bond donors (Lipinski definition) is 0. The Balaban J connectivity index is 3.00. The van der Waals surface area contributed by atoms with Gasteiger partial charge in [0.15, 0.2) is 0 Å². The van der Waals surface area contributed by atoms with Crippen molar-refractivity contribution in [2.45, 2.75) is 20.3 Å². The van der Waals surface area contributed by atoms with E-state index in [4.69, 9.17) is 0 Å². The van der Waals surface area contributed by atoms with Crippen molar-refractivity contribution in [1.29, 1.82) is 0 Å². The summed E-state index contributed by atoms with van der Waals surface area (Å²) in [7, 11) is 0. The number of carbonyl (C=O) groups excluding carboxylic acids is 1. The van der Waals surface area contributed by atoms with E-state index in [0.717, 1.165) is 0 Å². The molecule has 0 unspecified atom stereocenters. The van der Waals surface area contributed by atoms with Crippen LogP contribution in [0.1, 0.15) is 20.3 Å². The molecule has 1 heteroatoms. The summed E-state index contributed by atoms with van der Waals surface area (Å²) in [5.41, 5.74) is 0. The van der Waals surface area contributed by atoms with E-state index in [-0.39, 0.29) is 5.78 Å². The fourth-order valence-corrected chi connectivity index (χ4v) is 0.319. The summed E-state index contributed by atoms with van der Waals surface area (Å²) in [5, 5.41) is 0. The standard InChI is InChI=1S/C6H10O/c1-3-5-6(7)4-2/h3-4H,5H2,1-2H3. The van der Waals surface area contributed by atoms with Gasteiger partial charge in [-0.1, -0.05) is 13.8 Å². The van der Waals surface area contributed by atoms with Crippen LogP contribution in [0, 0.1) is 12.8 Å². The van der Waals surface area contributed by atoms with Crippen molar-refractivity contribution in [3.05, 3.63) is 12.8 Å². The van der Waals surface area contributed by atoms with Gasteiger partial charge in [0, 0.05) is 12.8 Å². The van der Waals surface area contributed by atoms with E-state index in [1.807, 2.05) is 13.3 Å². The van der Waals surface area contributed by atoms with E-state index < -0.39 is 0 Å². The molecule has 0 amide bonds. The van der Waals surface area contributed by atoms with Gasteiger partial charge < -0.3 is 0 Å². The minimum absolute atomic E-state index is 0.197. The molecule has 40 valence electrons. The lowest BCUT2D eigenvalue weighted by Crippen LogP contribution is -1.92. The minimum atomic E-state index is 0.197. The lowest BCUT2D eigenvalue weighted by molar-refractivity contribution is -0.115. The molecule has 0 aliphatic heterocycles. The Morgan fingerprint density at radius 2 is 2.14 bits per heavy atom. The molecule has 2 radical (unpaired) electrons. The summed E-state index contributed by atoms with van der Waals surface area (Å²) in [6.45, 7) is 3.63. The largest absolute Gasteiger partial charge is 0.299 e. The Bertz CT molecular complexity index is 57.2. The lowest BCUT2D eigenvalue weighted by atomic mass is 10.2. The Morgan fingerprint density at radius 3 is 2.29 bits per heavy atom. The molecule has 0 rings (SSSR count). The average molecular weight is 98.1 g/mol. The highest BCUT2D eigenvalue weighted by Gasteiger charge is 1.92. The zero-order chi connectivity index (χ0) is 5.70. The maximum absolute atomic E-state index is 10.3. The van der Waals surface area contributed by atoms with Gasteiger partial charge in [-0.05, 0) is 6.42 Å². The second-order valence-corrected chi connectivity index (χ2v) is 1.37. The summed E-state index contributed by atoms with van der Waals surface area (Å²) in [6, 6.07) is 0. The molecule has 0 aromatic rings. The van der Waals surface area contributed by atoms with Crippen LogP contribution < -0.4 is 0 Å². The third-order valence-electron chi connectivity index (χ3n) is 0.727. The van der Waals surface area contributed by atoms with Crippen LogP contribution in [0.15, 0.2) is 0 Å². The molecule has 0 heterocycles. The Hall–Kier alpha value is -0.330. The molecule has 0 aliphatic carbocycles. The van der Waals surface area contributed by atoms with Crippen molar-refractivity contribution in [3.63, 3.8) is 0 Å². The van der Waals surface area contributed by atoms with Crippen molar-refractivity contribution < 1.29 is 4.79 Å². The SMILES string of the molecule is C[CH]CC(=O)[CH]C. The van der Waals surface area contributed by atoms with Gasteiger partial charge in [0.25, 0.3) is 0 Å². The molecule has 0 atom stereocenters. The minimum Gasteiger partial charge on any atom is -0.299 e. The molecule has 0 aromatic heterocycles. The van der Waals surface area contributed by atoms with E-state index in [2.05, 4.69) is 0 Å². The Kier molecular flexibility index (Phi) is 3.67. The molecule has 0 aliphatic rings. The first-order valence-electron chi connectivity index (χ1n) is 2.41. The number of carbonyl (C=O) groups is 1. The molecular formula is C6H10O. The molecule has 0 aromatic carbocycles. The first kappa shape index (κ1) is 6.67. The zero-order valence-electron chi connectivity index (χ0n) is 4.77. The van der Waals surface area contributed by atoms with Crippen LogP contribution in [0.25, 0.3) is 0 Å². The average Bonchev–Trinajstić information content (AvgIpc) is 1.68. The molecule has 0 bridgehead atoms. The van der Waals surface area contributed by atoms with Gasteiger partial charge in [0.05, 0.1) is 0 Å². The first-order chi connectivity index (χ1) is 3.31. The molecule has 0 N–H and O–H groups in total. The maximum Gasteiger partial charge on any atom is 0.136 e. The van der Waals surface area contributed by atoms with Crippen LogP contribution >= 0.6 is 0 Å². The van der Waals surface area contributed by atoms with E-state index in [0.29, 0.717) is 6.42 Å². The highest BCUT2D eigenvalue weighted by molar-refractivity contribution is 5.87. The number of rotatable bonds is 3. The molecule has 1 nitrogen and oxygen atoms in total. The predicted octanol–water partition coefficient (Wildman–Crippen LogP) is 1.39. The van der Waals surface area contributed by atoms with Crippen LogP contribution in [0.5, 0.6) is 0 Å². The van der Waals surface area contributed by atoms with Crippen LogP contribution in [0.2, 0.25) is 0 Å². The van der Waals surface area contributed by atoms with Crippen LogP contribution in [0.4, 0.5) is 0 Å². The van der Waals surface area contributed by atoms with E-state index in [9.17, 15) is 4.79 Å². The Morgan fingerprint density at radius 1 is 1.57 bits per heavy atom. The highest BCUT2D eigenvalue weighted by Crippen LogP contribution is 1.88. The number of Topliss-reactive ketones (excluding diaryl/α,β-unsaturated/α-hetero) is 1. The van der Waals surface area contributed by atoms with Gasteiger partial charge in [-0.25, -0.2) is 0 Å².